The molecule has 4 nitrogen and oxygen atoms in total. The Bertz CT molecular complexity index is 464. The Morgan fingerprint density at radius 2 is 2.32 bits per heavy atom. The third kappa shape index (κ3) is 3.60. The molecular weight excluding hydrogens is 262 g/mol. The van der Waals surface area contributed by atoms with Crippen molar-refractivity contribution in [3.05, 3.63) is 22.8 Å². The van der Waals surface area contributed by atoms with Gasteiger partial charge in [-0.25, -0.2) is 4.98 Å². The van der Waals surface area contributed by atoms with Crippen LogP contribution in [0.4, 0.5) is 5.82 Å². The minimum atomic E-state index is 0.192. The number of likely N-dealkylation sites (tertiary alicyclic amines) is 1. The summed E-state index contributed by atoms with van der Waals surface area (Å²) < 4.78 is 0. The van der Waals surface area contributed by atoms with E-state index in [9.17, 15) is 4.79 Å². The molecule has 2 heterocycles. The van der Waals surface area contributed by atoms with Gasteiger partial charge < -0.3 is 10.2 Å². The summed E-state index contributed by atoms with van der Waals surface area (Å²) in [5.74, 6) is 1.44. The van der Waals surface area contributed by atoms with Gasteiger partial charge in [0.25, 0.3) is 0 Å². The van der Waals surface area contributed by atoms with Crippen molar-refractivity contribution in [2.75, 3.05) is 18.4 Å². The van der Waals surface area contributed by atoms with E-state index in [0.29, 0.717) is 23.9 Å². The molecule has 1 aliphatic rings. The second-order valence-electron chi connectivity index (χ2n) is 5.14. The number of nitrogens with one attached hydrogen (secondary N) is 1. The normalized spacial score (nSPS) is 19.0. The van der Waals surface area contributed by atoms with Gasteiger partial charge in [0.1, 0.15) is 5.82 Å². The first-order chi connectivity index (χ1) is 9.10. The van der Waals surface area contributed by atoms with Crippen LogP contribution in [0.5, 0.6) is 0 Å². The van der Waals surface area contributed by atoms with Gasteiger partial charge >= 0.3 is 0 Å². The molecule has 1 N–H and O–H groups in total. The molecular formula is C14H20ClN3O. The van der Waals surface area contributed by atoms with Crippen LogP contribution in [-0.4, -0.2) is 28.9 Å². The monoisotopic (exact) mass is 281 g/mol. The van der Waals surface area contributed by atoms with Crippen molar-refractivity contribution in [3.8, 4) is 0 Å². The number of amides is 1. The van der Waals surface area contributed by atoms with Crippen LogP contribution in [-0.2, 0) is 11.3 Å². The topological polar surface area (TPSA) is 45.2 Å². The number of halogens is 1. The fourth-order valence-corrected chi connectivity index (χ4v) is 2.42. The zero-order valence-corrected chi connectivity index (χ0v) is 12.2. The van der Waals surface area contributed by atoms with E-state index in [-0.39, 0.29) is 5.91 Å². The summed E-state index contributed by atoms with van der Waals surface area (Å²) in [5.41, 5.74) is 0.769. The van der Waals surface area contributed by atoms with Crippen LogP contribution in [0.15, 0.2) is 12.1 Å². The third-order valence-electron chi connectivity index (χ3n) is 3.22. The molecule has 1 amide bonds. The predicted octanol–water partition coefficient (Wildman–Crippen LogP) is 2.93. The largest absolute Gasteiger partial charge is 0.370 e. The van der Waals surface area contributed by atoms with E-state index in [4.69, 9.17) is 11.6 Å². The number of nitrogens with zero attached hydrogens (tertiary/aromatic N) is 2. The molecule has 0 spiro atoms. The average molecular weight is 282 g/mol. The number of anilines is 1. The molecule has 0 radical (unpaired) electrons. The second-order valence-corrected chi connectivity index (χ2v) is 5.54. The lowest BCUT2D eigenvalue weighted by atomic mass is 10.2. The van der Waals surface area contributed by atoms with Gasteiger partial charge in [-0.15, -0.1) is 0 Å². The van der Waals surface area contributed by atoms with Gasteiger partial charge in [0.15, 0.2) is 0 Å². The molecule has 104 valence electrons. The minimum Gasteiger partial charge on any atom is -0.370 e. The smallest absolute Gasteiger partial charge is 0.223 e. The van der Waals surface area contributed by atoms with Crippen molar-refractivity contribution in [2.45, 2.75) is 33.2 Å². The summed E-state index contributed by atoms with van der Waals surface area (Å²) in [4.78, 5) is 18.1. The molecule has 1 atom stereocenters. The second kappa shape index (κ2) is 6.24. The van der Waals surface area contributed by atoms with E-state index >= 15 is 0 Å². The van der Waals surface area contributed by atoms with Gasteiger partial charge in [0, 0.05) is 19.5 Å². The van der Waals surface area contributed by atoms with E-state index < -0.39 is 0 Å². The molecule has 1 saturated heterocycles. The van der Waals surface area contributed by atoms with E-state index in [1.54, 1.807) is 0 Å². The summed E-state index contributed by atoms with van der Waals surface area (Å²) in [6.07, 6.45) is 1.67. The number of hydrogen-bond acceptors (Lipinski definition) is 3. The van der Waals surface area contributed by atoms with Crippen LogP contribution in [0.3, 0.4) is 0 Å². The van der Waals surface area contributed by atoms with Crippen LogP contribution in [0.1, 0.15) is 32.4 Å². The van der Waals surface area contributed by atoms with E-state index in [1.807, 2.05) is 17.0 Å². The number of pyridine rings is 1. The fourth-order valence-electron chi connectivity index (χ4n) is 2.25. The molecule has 1 aromatic rings. The molecule has 1 aromatic heterocycles. The van der Waals surface area contributed by atoms with Crippen molar-refractivity contribution in [2.24, 2.45) is 5.92 Å². The van der Waals surface area contributed by atoms with E-state index in [0.717, 1.165) is 31.0 Å². The molecule has 0 bridgehead atoms. The highest BCUT2D eigenvalue weighted by Crippen LogP contribution is 2.23. The van der Waals surface area contributed by atoms with Crippen LogP contribution < -0.4 is 5.32 Å². The van der Waals surface area contributed by atoms with Crippen molar-refractivity contribution < 1.29 is 4.79 Å². The Kier molecular flexibility index (Phi) is 4.64. The fraction of sp³-hybridized carbons (Fsp3) is 0.571. The van der Waals surface area contributed by atoms with E-state index in [1.165, 1.54) is 0 Å². The molecule has 5 heteroatoms. The molecule has 0 aromatic carbocycles. The quantitative estimate of drug-likeness (QED) is 0.903. The predicted molar refractivity (Wildman–Crippen MR) is 77.2 cm³/mol. The molecule has 1 unspecified atom stereocenters. The number of hydrogen-bond donors (Lipinski definition) is 1. The van der Waals surface area contributed by atoms with Crippen LogP contribution in [0, 0.1) is 5.92 Å². The lowest BCUT2D eigenvalue weighted by Gasteiger charge is -2.17. The summed E-state index contributed by atoms with van der Waals surface area (Å²) in [7, 11) is 0. The van der Waals surface area contributed by atoms with Gasteiger partial charge in [0.05, 0.1) is 17.3 Å². The Hall–Kier alpha value is -1.29. The highest BCUT2D eigenvalue weighted by Gasteiger charge is 2.27. The maximum atomic E-state index is 11.8. The third-order valence-corrected chi connectivity index (χ3v) is 3.57. The first-order valence-corrected chi connectivity index (χ1v) is 7.15. The zero-order valence-electron chi connectivity index (χ0n) is 11.4. The Labute approximate surface area is 119 Å². The van der Waals surface area contributed by atoms with Gasteiger partial charge in [-0.05, 0) is 24.5 Å². The summed E-state index contributed by atoms with van der Waals surface area (Å²) >= 11 is 6.16. The van der Waals surface area contributed by atoms with Gasteiger partial charge in [-0.2, -0.15) is 0 Å². The Morgan fingerprint density at radius 1 is 1.53 bits per heavy atom. The zero-order chi connectivity index (χ0) is 13.8. The molecule has 2 rings (SSSR count). The molecule has 0 aliphatic carbocycles. The first-order valence-electron chi connectivity index (χ1n) is 6.77. The maximum absolute atomic E-state index is 11.8. The summed E-state index contributed by atoms with van der Waals surface area (Å²) in [5, 5.41) is 3.85. The van der Waals surface area contributed by atoms with Gasteiger partial charge in [0.2, 0.25) is 5.91 Å². The van der Waals surface area contributed by atoms with Crippen LogP contribution >= 0.6 is 11.6 Å². The van der Waals surface area contributed by atoms with Crippen LogP contribution in [0.25, 0.3) is 0 Å². The SMILES string of the molecule is CCCNc1ccc(Cl)c(CN2CC(C)CC2=O)n1. The highest BCUT2D eigenvalue weighted by molar-refractivity contribution is 6.31. The lowest BCUT2D eigenvalue weighted by Crippen LogP contribution is -2.25. The lowest BCUT2D eigenvalue weighted by molar-refractivity contribution is -0.128. The summed E-state index contributed by atoms with van der Waals surface area (Å²) in [6.45, 7) is 6.38. The van der Waals surface area contributed by atoms with Crippen molar-refractivity contribution in [3.63, 3.8) is 0 Å². The Balaban J connectivity index is 2.08. The summed E-state index contributed by atoms with van der Waals surface area (Å²) in [6, 6.07) is 3.71. The minimum absolute atomic E-state index is 0.192. The van der Waals surface area contributed by atoms with Crippen molar-refractivity contribution in [1.82, 2.24) is 9.88 Å². The molecule has 19 heavy (non-hydrogen) atoms. The number of carbonyl (C=O) groups excluding carboxylic acids is 1. The first kappa shape index (κ1) is 14.1. The maximum Gasteiger partial charge on any atom is 0.223 e. The standard InChI is InChI=1S/C14H20ClN3O/c1-3-6-16-13-5-4-11(15)12(17-13)9-18-8-10(2)7-14(18)19/h4-5,10H,3,6-9H2,1-2H3,(H,16,17). The number of rotatable bonds is 5. The molecule has 1 fully saturated rings. The van der Waals surface area contributed by atoms with Crippen LogP contribution in [0.2, 0.25) is 5.02 Å². The molecule has 0 saturated carbocycles. The number of aromatic nitrogens is 1. The average Bonchev–Trinajstić information content (AvgIpc) is 2.69. The van der Waals surface area contributed by atoms with Crippen molar-refractivity contribution in [1.29, 1.82) is 0 Å². The Morgan fingerprint density at radius 3 is 2.95 bits per heavy atom. The number of carbonyl (C=O) groups is 1. The van der Waals surface area contributed by atoms with Gasteiger partial charge in [-0.3, -0.25) is 4.79 Å². The highest BCUT2D eigenvalue weighted by atomic mass is 35.5. The van der Waals surface area contributed by atoms with E-state index in [2.05, 4.69) is 24.1 Å². The van der Waals surface area contributed by atoms with Gasteiger partial charge in [-0.1, -0.05) is 25.4 Å². The van der Waals surface area contributed by atoms with Crippen molar-refractivity contribution >= 4 is 23.3 Å². The molecule has 1 aliphatic heterocycles.